The number of aliphatic imine (C=N–C) groups is 1. The van der Waals surface area contributed by atoms with Gasteiger partial charge in [0.2, 0.25) is 0 Å². The molecule has 1 fully saturated rings. The van der Waals surface area contributed by atoms with Gasteiger partial charge in [0.1, 0.15) is 0 Å². The number of alkyl halides is 3. The predicted octanol–water partition coefficient (Wildman–Crippen LogP) is 2.35. The highest BCUT2D eigenvalue weighted by atomic mass is 127. The lowest BCUT2D eigenvalue weighted by atomic mass is 10.1. The van der Waals surface area contributed by atoms with Gasteiger partial charge >= 0.3 is 15.5 Å². The fraction of sp³-hybridized carbons (Fsp3) is 0.611. The second-order valence-corrected chi connectivity index (χ2v) is 9.18. The van der Waals surface area contributed by atoms with Crippen LogP contribution in [-0.2, 0) is 23.1 Å². The number of nitrogens with one attached hydrogen (secondary N) is 2. The first-order valence-electron chi connectivity index (χ1n) is 9.29. The van der Waals surface area contributed by atoms with Gasteiger partial charge in [-0.1, -0.05) is 24.3 Å². The summed E-state index contributed by atoms with van der Waals surface area (Å²) >= 11 is 0. The maximum Gasteiger partial charge on any atom is 0.511 e. The van der Waals surface area contributed by atoms with Crippen molar-refractivity contribution in [2.45, 2.75) is 37.5 Å². The van der Waals surface area contributed by atoms with Gasteiger partial charge in [-0.3, -0.25) is 4.99 Å². The molecule has 12 heteroatoms. The summed E-state index contributed by atoms with van der Waals surface area (Å²) in [6.07, 6.45) is 0.544. The van der Waals surface area contributed by atoms with Crippen LogP contribution in [0, 0.1) is 0 Å². The van der Waals surface area contributed by atoms with Crippen molar-refractivity contribution >= 4 is 40.0 Å². The number of sulfonamides is 1. The van der Waals surface area contributed by atoms with E-state index in [-0.39, 0.29) is 55.9 Å². The molecule has 1 aromatic rings. The third kappa shape index (κ3) is 7.54. The van der Waals surface area contributed by atoms with E-state index in [9.17, 15) is 21.6 Å². The van der Waals surface area contributed by atoms with E-state index in [2.05, 4.69) is 32.7 Å². The van der Waals surface area contributed by atoms with Gasteiger partial charge < -0.3 is 15.5 Å². The van der Waals surface area contributed by atoms with Crippen molar-refractivity contribution in [1.82, 2.24) is 19.8 Å². The molecule has 0 atom stereocenters. The number of piperidine rings is 1. The Morgan fingerprint density at radius 1 is 1.23 bits per heavy atom. The first-order valence-corrected chi connectivity index (χ1v) is 10.7. The minimum Gasteiger partial charge on any atom is -0.354 e. The number of halogens is 4. The summed E-state index contributed by atoms with van der Waals surface area (Å²) in [5, 5.41) is 6.35. The third-order valence-electron chi connectivity index (χ3n) is 4.60. The van der Waals surface area contributed by atoms with E-state index in [4.69, 9.17) is 0 Å². The molecule has 0 radical (unpaired) electrons. The number of hydrogen-bond acceptors (Lipinski definition) is 4. The van der Waals surface area contributed by atoms with Crippen molar-refractivity contribution < 1.29 is 21.6 Å². The van der Waals surface area contributed by atoms with Gasteiger partial charge in [0.25, 0.3) is 0 Å². The molecule has 172 valence electrons. The first-order chi connectivity index (χ1) is 13.5. The molecule has 0 spiro atoms. The second-order valence-electron chi connectivity index (χ2n) is 7.25. The zero-order valence-electron chi connectivity index (χ0n) is 17.2. The number of guanidine groups is 1. The van der Waals surface area contributed by atoms with Crippen LogP contribution >= 0.6 is 24.0 Å². The molecule has 0 bridgehead atoms. The molecule has 0 aliphatic carbocycles. The Balaban J connectivity index is 0.00000450. The Morgan fingerprint density at radius 2 is 1.83 bits per heavy atom. The predicted molar refractivity (Wildman–Crippen MR) is 122 cm³/mol. The van der Waals surface area contributed by atoms with E-state index in [1.807, 2.05) is 26.2 Å². The van der Waals surface area contributed by atoms with Crippen molar-refractivity contribution in [3.63, 3.8) is 0 Å². The van der Waals surface area contributed by atoms with E-state index >= 15 is 0 Å². The average molecular weight is 563 g/mol. The smallest absolute Gasteiger partial charge is 0.354 e. The summed E-state index contributed by atoms with van der Waals surface area (Å²) in [7, 11) is 0.356. The van der Waals surface area contributed by atoms with Gasteiger partial charge in [-0.15, -0.1) is 24.0 Å². The Kier molecular flexibility index (Phi) is 10.3. The van der Waals surface area contributed by atoms with Crippen molar-refractivity contribution in [3.8, 4) is 0 Å². The third-order valence-corrected chi connectivity index (χ3v) is 6.23. The van der Waals surface area contributed by atoms with Crippen LogP contribution in [-0.4, -0.2) is 69.4 Å². The van der Waals surface area contributed by atoms with E-state index in [1.165, 1.54) is 5.56 Å². The molecule has 0 unspecified atom stereocenters. The highest BCUT2D eigenvalue weighted by molar-refractivity contribution is 14.0. The zero-order chi connectivity index (χ0) is 21.7. The minimum atomic E-state index is -5.26. The summed E-state index contributed by atoms with van der Waals surface area (Å²) < 4.78 is 61.5. The van der Waals surface area contributed by atoms with Crippen LogP contribution in [0.25, 0.3) is 0 Å². The molecular formula is C18H29F3IN5O2S. The van der Waals surface area contributed by atoms with Gasteiger partial charge in [0, 0.05) is 39.3 Å². The van der Waals surface area contributed by atoms with Crippen LogP contribution < -0.4 is 10.6 Å². The molecule has 1 aromatic carbocycles. The van der Waals surface area contributed by atoms with E-state index in [1.54, 1.807) is 7.05 Å². The monoisotopic (exact) mass is 563 g/mol. The summed E-state index contributed by atoms with van der Waals surface area (Å²) in [5.74, 6) is 0.528. The molecule has 1 saturated heterocycles. The van der Waals surface area contributed by atoms with Crippen molar-refractivity contribution in [2.24, 2.45) is 4.99 Å². The maximum atomic E-state index is 12.7. The number of hydrogen-bond donors (Lipinski definition) is 2. The normalized spacial score (nSPS) is 17.0. The Bertz CT molecular complexity index is 810. The van der Waals surface area contributed by atoms with Crippen LogP contribution in [0.4, 0.5) is 13.2 Å². The number of benzene rings is 1. The standard InChI is InChI=1S/C18H28F3N5O2S.HI/c1-22-17(23-12-14-5-4-6-15(11-14)13-25(2)3)24-16-7-9-26(10-8-16)29(27,28)18(19,20)21;/h4-6,11,16H,7-10,12-13H2,1-3H3,(H2,22,23,24);1H. The molecule has 0 aromatic heterocycles. The molecule has 0 saturated carbocycles. The van der Waals surface area contributed by atoms with Crippen molar-refractivity contribution in [1.29, 1.82) is 0 Å². The average Bonchev–Trinajstić information content (AvgIpc) is 2.64. The van der Waals surface area contributed by atoms with Gasteiger partial charge in [-0.25, -0.2) is 8.42 Å². The van der Waals surface area contributed by atoms with Crippen LogP contribution in [0.15, 0.2) is 29.3 Å². The first kappa shape index (κ1) is 26.9. The highest BCUT2D eigenvalue weighted by Gasteiger charge is 2.50. The quantitative estimate of drug-likeness (QED) is 0.316. The van der Waals surface area contributed by atoms with E-state index < -0.39 is 15.5 Å². The van der Waals surface area contributed by atoms with Gasteiger partial charge in [-0.05, 0) is 38.1 Å². The summed E-state index contributed by atoms with van der Waals surface area (Å²) in [6.45, 7) is 1.02. The summed E-state index contributed by atoms with van der Waals surface area (Å²) in [4.78, 5) is 6.23. The maximum absolute atomic E-state index is 12.7. The number of rotatable bonds is 6. The lowest BCUT2D eigenvalue weighted by Gasteiger charge is -2.32. The SMILES string of the molecule is CN=C(NCc1cccc(CN(C)C)c1)NC1CCN(S(=O)(=O)C(F)(F)F)CC1.I. The largest absolute Gasteiger partial charge is 0.511 e. The van der Waals surface area contributed by atoms with Crippen molar-refractivity contribution in [2.75, 3.05) is 34.2 Å². The molecule has 1 heterocycles. The lowest BCUT2D eigenvalue weighted by molar-refractivity contribution is -0.0494. The van der Waals surface area contributed by atoms with Crippen LogP contribution in [0.2, 0.25) is 0 Å². The molecule has 0 amide bonds. The van der Waals surface area contributed by atoms with E-state index in [0.29, 0.717) is 16.8 Å². The Hall–Kier alpha value is -1.12. The Labute approximate surface area is 193 Å². The van der Waals surface area contributed by atoms with Crippen molar-refractivity contribution in [3.05, 3.63) is 35.4 Å². The van der Waals surface area contributed by atoms with Gasteiger partial charge in [-0.2, -0.15) is 17.5 Å². The molecule has 30 heavy (non-hydrogen) atoms. The second kappa shape index (κ2) is 11.5. The molecule has 2 N–H and O–H groups in total. The van der Waals surface area contributed by atoms with Crippen LogP contribution in [0.1, 0.15) is 24.0 Å². The molecule has 1 aliphatic heterocycles. The Morgan fingerprint density at radius 3 is 2.37 bits per heavy atom. The molecular weight excluding hydrogens is 534 g/mol. The summed E-state index contributed by atoms with van der Waals surface area (Å²) in [5.41, 5.74) is -2.99. The van der Waals surface area contributed by atoms with Gasteiger partial charge in [0.05, 0.1) is 0 Å². The lowest BCUT2D eigenvalue weighted by Crippen LogP contribution is -2.51. The van der Waals surface area contributed by atoms with Crippen LogP contribution in [0.3, 0.4) is 0 Å². The molecule has 2 rings (SSSR count). The van der Waals surface area contributed by atoms with Gasteiger partial charge in [0.15, 0.2) is 5.96 Å². The number of nitrogens with zero attached hydrogens (tertiary/aromatic N) is 3. The zero-order valence-corrected chi connectivity index (χ0v) is 20.4. The highest BCUT2D eigenvalue weighted by Crippen LogP contribution is 2.28. The summed E-state index contributed by atoms with van der Waals surface area (Å²) in [6, 6.07) is 7.99. The van der Waals surface area contributed by atoms with E-state index in [0.717, 1.165) is 12.1 Å². The fourth-order valence-electron chi connectivity index (χ4n) is 3.16. The van der Waals surface area contributed by atoms with Crippen LogP contribution in [0.5, 0.6) is 0 Å². The minimum absolute atomic E-state index is 0. The fourth-order valence-corrected chi connectivity index (χ4v) is 4.15. The topological polar surface area (TPSA) is 77.0 Å². The molecule has 7 nitrogen and oxygen atoms in total. The molecule has 1 aliphatic rings.